The van der Waals surface area contributed by atoms with Crippen molar-refractivity contribution in [3.05, 3.63) is 48.0 Å². The second kappa shape index (κ2) is 7.05. The van der Waals surface area contributed by atoms with Crippen molar-refractivity contribution in [2.24, 2.45) is 0 Å². The zero-order chi connectivity index (χ0) is 17.1. The zero-order valence-corrected chi connectivity index (χ0v) is 14.2. The second-order valence-electron chi connectivity index (χ2n) is 6.41. The van der Waals surface area contributed by atoms with E-state index in [4.69, 9.17) is 9.47 Å². The molecule has 130 valence electrons. The maximum Gasteiger partial charge on any atom is 0.228 e. The Morgan fingerprint density at radius 3 is 2.60 bits per heavy atom. The molecule has 5 nitrogen and oxygen atoms in total. The SMILES string of the molecule is O=C(Cc1ccc2c(c1)OCCO2)Nc1ccccc1N1CCCC1. The summed E-state index contributed by atoms with van der Waals surface area (Å²) in [6.45, 7) is 3.22. The molecule has 0 radical (unpaired) electrons. The molecule has 1 saturated heterocycles. The topological polar surface area (TPSA) is 50.8 Å². The van der Waals surface area contributed by atoms with Crippen LogP contribution in [0.4, 0.5) is 11.4 Å². The van der Waals surface area contributed by atoms with E-state index in [9.17, 15) is 4.79 Å². The van der Waals surface area contributed by atoms with Crippen molar-refractivity contribution in [1.29, 1.82) is 0 Å². The van der Waals surface area contributed by atoms with E-state index in [2.05, 4.69) is 16.3 Å². The van der Waals surface area contributed by atoms with Gasteiger partial charge in [-0.3, -0.25) is 4.79 Å². The molecule has 0 unspecified atom stereocenters. The van der Waals surface area contributed by atoms with E-state index in [1.165, 1.54) is 12.8 Å². The molecule has 2 aliphatic heterocycles. The van der Waals surface area contributed by atoms with Crippen molar-refractivity contribution in [3.63, 3.8) is 0 Å². The highest BCUT2D eigenvalue weighted by Crippen LogP contribution is 2.31. The highest BCUT2D eigenvalue weighted by Gasteiger charge is 2.17. The number of para-hydroxylation sites is 2. The first-order valence-electron chi connectivity index (χ1n) is 8.82. The van der Waals surface area contributed by atoms with E-state index in [-0.39, 0.29) is 5.91 Å². The third-order valence-corrected chi connectivity index (χ3v) is 4.60. The molecule has 25 heavy (non-hydrogen) atoms. The molecular weight excluding hydrogens is 316 g/mol. The maximum absolute atomic E-state index is 12.5. The van der Waals surface area contributed by atoms with Crippen LogP contribution in [0.2, 0.25) is 0 Å². The predicted molar refractivity (Wildman–Crippen MR) is 97.7 cm³/mol. The molecule has 2 aromatic carbocycles. The van der Waals surface area contributed by atoms with Crippen molar-refractivity contribution in [2.45, 2.75) is 19.3 Å². The van der Waals surface area contributed by atoms with Crippen LogP contribution in [-0.4, -0.2) is 32.2 Å². The highest BCUT2D eigenvalue weighted by atomic mass is 16.6. The van der Waals surface area contributed by atoms with Gasteiger partial charge in [0.1, 0.15) is 13.2 Å². The van der Waals surface area contributed by atoms with Crippen molar-refractivity contribution >= 4 is 17.3 Å². The fourth-order valence-electron chi connectivity index (χ4n) is 3.39. The molecule has 4 rings (SSSR count). The van der Waals surface area contributed by atoms with Crippen LogP contribution in [0.5, 0.6) is 11.5 Å². The third-order valence-electron chi connectivity index (χ3n) is 4.60. The van der Waals surface area contributed by atoms with Gasteiger partial charge < -0.3 is 19.7 Å². The molecule has 1 fully saturated rings. The molecule has 1 amide bonds. The van der Waals surface area contributed by atoms with Gasteiger partial charge in [0, 0.05) is 13.1 Å². The van der Waals surface area contributed by atoms with Gasteiger partial charge in [0.15, 0.2) is 11.5 Å². The number of ether oxygens (including phenoxy) is 2. The van der Waals surface area contributed by atoms with Gasteiger partial charge in [0.05, 0.1) is 17.8 Å². The molecule has 2 aromatic rings. The molecule has 0 spiro atoms. The summed E-state index contributed by atoms with van der Waals surface area (Å²) in [6.07, 6.45) is 2.73. The van der Waals surface area contributed by atoms with Gasteiger partial charge in [-0.25, -0.2) is 0 Å². The van der Waals surface area contributed by atoms with Gasteiger partial charge in [-0.1, -0.05) is 18.2 Å². The van der Waals surface area contributed by atoms with E-state index in [1.54, 1.807) is 0 Å². The van der Waals surface area contributed by atoms with Crippen LogP contribution in [0.3, 0.4) is 0 Å². The first-order chi connectivity index (χ1) is 12.3. The summed E-state index contributed by atoms with van der Waals surface area (Å²) in [5.74, 6) is 1.44. The molecule has 2 heterocycles. The molecule has 0 bridgehead atoms. The quantitative estimate of drug-likeness (QED) is 0.930. The van der Waals surface area contributed by atoms with Gasteiger partial charge in [0.25, 0.3) is 0 Å². The van der Waals surface area contributed by atoms with Gasteiger partial charge >= 0.3 is 0 Å². The fraction of sp³-hybridized carbons (Fsp3) is 0.350. The van der Waals surface area contributed by atoms with Crippen molar-refractivity contribution in [2.75, 3.05) is 36.5 Å². The molecule has 0 aliphatic carbocycles. The minimum atomic E-state index is -0.0247. The predicted octanol–water partition coefficient (Wildman–Crippen LogP) is 3.24. The Balaban J connectivity index is 1.46. The Morgan fingerprint density at radius 1 is 1.00 bits per heavy atom. The Labute approximate surface area is 147 Å². The van der Waals surface area contributed by atoms with E-state index < -0.39 is 0 Å². The smallest absolute Gasteiger partial charge is 0.228 e. The molecule has 1 N–H and O–H groups in total. The molecule has 5 heteroatoms. The Kier molecular flexibility index (Phi) is 4.46. The van der Waals surface area contributed by atoms with E-state index in [0.717, 1.165) is 35.8 Å². The number of hydrogen-bond acceptors (Lipinski definition) is 4. The van der Waals surface area contributed by atoms with Gasteiger partial charge in [-0.15, -0.1) is 0 Å². The highest BCUT2D eigenvalue weighted by molar-refractivity contribution is 5.95. The fourth-order valence-corrected chi connectivity index (χ4v) is 3.39. The number of nitrogens with one attached hydrogen (secondary N) is 1. The number of carbonyl (C=O) groups is 1. The number of nitrogens with zero attached hydrogens (tertiary/aromatic N) is 1. The number of benzene rings is 2. The summed E-state index contributed by atoms with van der Waals surface area (Å²) < 4.78 is 11.1. The molecule has 0 atom stereocenters. The van der Waals surface area contributed by atoms with Crippen LogP contribution < -0.4 is 19.7 Å². The number of anilines is 2. The van der Waals surface area contributed by atoms with Crippen LogP contribution in [0.25, 0.3) is 0 Å². The second-order valence-corrected chi connectivity index (χ2v) is 6.41. The van der Waals surface area contributed by atoms with Crippen molar-refractivity contribution in [1.82, 2.24) is 0 Å². The van der Waals surface area contributed by atoms with Gasteiger partial charge in [0.2, 0.25) is 5.91 Å². The molecule has 2 aliphatic rings. The number of hydrogen-bond donors (Lipinski definition) is 1. The first-order valence-corrected chi connectivity index (χ1v) is 8.82. The first kappa shape index (κ1) is 15.8. The maximum atomic E-state index is 12.5. The number of fused-ring (bicyclic) bond motifs is 1. The summed E-state index contributed by atoms with van der Waals surface area (Å²) in [6, 6.07) is 13.7. The van der Waals surface area contributed by atoms with E-state index >= 15 is 0 Å². The Bertz CT molecular complexity index is 769. The average molecular weight is 338 g/mol. The standard InChI is InChI=1S/C20H22N2O3/c23-20(14-15-7-8-18-19(13-15)25-12-11-24-18)21-16-5-1-2-6-17(16)22-9-3-4-10-22/h1-2,5-8,13H,3-4,9-12,14H2,(H,21,23). The minimum absolute atomic E-state index is 0.0247. The molecular formula is C20H22N2O3. The summed E-state index contributed by atoms with van der Waals surface area (Å²) in [5, 5.41) is 3.06. The summed E-state index contributed by atoms with van der Waals surface area (Å²) >= 11 is 0. The van der Waals surface area contributed by atoms with Gasteiger partial charge in [-0.2, -0.15) is 0 Å². The largest absolute Gasteiger partial charge is 0.486 e. The molecule has 0 saturated carbocycles. The van der Waals surface area contributed by atoms with Crippen LogP contribution in [0.1, 0.15) is 18.4 Å². The lowest BCUT2D eigenvalue weighted by Gasteiger charge is -2.21. The van der Waals surface area contributed by atoms with Crippen LogP contribution >= 0.6 is 0 Å². The lowest BCUT2D eigenvalue weighted by molar-refractivity contribution is -0.115. The van der Waals surface area contributed by atoms with Crippen LogP contribution in [0, 0.1) is 0 Å². The van der Waals surface area contributed by atoms with Gasteiger partial charge in [-0.05, 0) is 42.7 Å². The Hall–Kier alpha value is -2.69. The summed E-state index contributed by atoms with van der Waals surface area (Å²) in [4.78, 5) is 14.8. The Morgan fingerprint density at radius 2 is 1.76 bits per heavy atom. The molecule has 0 aromatic heterocycles. The van der Waals surface area contributed by atoms with Crippen molar-refractivity contribution in [3.8, 4) is 11.5 Å². The van der Waals surface area contributed by atoms with Crippen LogP contribution in [0.15, 0.2) is 42.5 Å². The number of carbonyl (C=O) groups excluding carboxylic acids is 1. The number of rotatable bonds is 4. The minimum Gasteiger partial charge on any atom is -0.486 e. The lowest BCUT2D eigenvalue weighted by Crippen LogP contribution is -2.22. The van der Waals surface area contributed by atoms with Crippen molar-refractivity contribution < 1.29 is 14.3 Å². The zero-order valence-electron chi connectivity index (χ0n) is 14.2. The summed E-state index contributed by atoms with van der Waals surface area (Å²) in [5.41, 5.74) is 2.91. The third kappa shape index (κ3) is 3.55. The monoisotopic (exact) mass is 338 g/mol. The average Bonchev–Trinajstić information content (AvgIpc) is 3.16. The summed E-state index contributed by atoms with van der Waals surface area (Å²) in [7, 11) is 0. The van der Waals surface area contributed by atoms with E-state index in [0.29, 0.717) is 25.4 Å². The normalized spacial score (nSPS) is 15.9. The number of amides is 1. The van der Waals surface area contributed by atoms with E-state index in [1.807, 2.05) is 36.4 Å². The van der Waals surface area contributed by atoms with Crippen LogP contribution in [-0.2, 0) is 11.2 Å². The lowest BCUT2D eigenvalue weighted by atomic mass is 10.1.